The van der Waals surface area contributed by atoms with E-state index in [9.17, 15) is 0 Å². The minimum Gasteiger partial charge on any atom is -0.370 e. The van der Waals surface area contributed by atoms with Gasteiger partial charge >= 0.3 is 0 Å². The van der Waals surface area contributed by atoms with Crippen LogP contribution in [0.25, 0.3) is 0 Å². The van der Waals surface area contributed by atoms with Gasteiger partial charge in [0.1, 0.15) is 0 Å². The summed E-state index contributed by atoms with van der Waals surface area (Å²) in [5.41, 5.74) is 13.2. The van der Waals surface area contributed by atoms with E-state index in [1.807, 2.05) is 0 Å². The zero-order valence-corrected chi connectivity index (χ0v) is 11.3. The number of hydrogen-bond acceptors (Lipinski definition) is 2. The van der Waals surface area contributed by atoms with E-state index in [-0.39, 0.29) is 5.96 Å². The van der Waals surface area contributed by atoms with Crippen molar-refractivity contribution in [2.75, 3.05) is 6.54 Å². The Morgan fingerprint density at radius 2 is 1.83 bits per heavy atom. The molecular weight excluding hydrogens is 224 g/mol. The average molecular weight is 248 g/mol. The standard InChI is InChI=1S/C14H24N4/c1-3-12-4-6-13(7-5-12)10-18-11(2)8-9-17-14(15)16/h4-7,11,18H,3,8-10H2,1-2H3,(H4,15,16,17). The number of aryl methyl sites for hydroxylation is 1. The number of rotatable bonds is 7. The normalized spacial score (nSPS) is 12.1. The number of aliphatic imine (C=N–C) groups is 1. The molecule has 5 N–H and O–H groups in total. The zero-order chi connectivity index (χ0) is 13.4. The van der Waals surface area contributed by atoms with Crippen molar-refractivity contribution >= 4 is 5.96 Å². The summed E-state index contributed by atoms with van der Waals surface area (Å²) < 4.78 is 0. The number of nitrogens with two attached hydrogens (primary N) is 2. The second-order valence-electron chi connectivity index (χ2n) is 4.55. The highest BCUT2D eigenvalue weighted by Crippen LogP contribution is 2.05. The van der Waals surface area contributed by atoms with Crippen LogP contribution >= 0.6 is 0 Å². The molecule has 18 heavy (non-hydrogen) atoms. The predicted molar refractivity (Wildman–Crippen MR) is 77.4 cm³/mol. The lowest BCUT2D eigenvalue weighted by molar-refractivity contribution is 0.520. The maximum Gasteiger partial charge on any atom is 0.185 e. The number of nitrogens with zero attached hydrogens (tertiary/aromatic N) is 1. The van der Waals surface area contributed by atoms with Crippen LogP contribution in [-0.4, -0.2) is 18.5 Å². The van der Waals surface area contributed by atoms with Crippen LogP contribution in [0.15, 0.2) is 29.3 Å². The van der Waals surface area contributed by atoms with Crippen LogP contribution in [0.3, 0.4) is 0 Å². The van der Waals surface area contributed by atoms with Gasteiger partial charge in [-0.1, -0.05) is 31.2 Å². The third-order valence-corrected chi connectivity index (χ3v) is 2.94. The van der Waals surface area contributed by atoms with Gasteiger partial charge in [0, 0.05) is 19.1 Å². The molecule has 0 heterocycles. The summed E-state index contributed by atoms with van der Waals surface area (Å²) in [5.74, 6) is 0.164. The fourth-order valence-electron chi connectivity index (χ4n) is 1.67. The second-order valence-corrected chi connectivity index (χ2v) is 4.55. The maximum atomic E-state index is 5.28. The summed E-state index contributed by atoms with van der Waals surface area (Å²) in [6.45, 7) is 5.86. The van der Waals surface area contributed by atoms with Crippen LogP contribution in [0.5, 0.6) is 0 Å². The van der Waals surface area contributed by atoms with Gasteiger partial charge < -0.3 is 16.8 Å². The summed E-state index contributed by atoms with van der Waals surface area (Å²) in [7, 11) is 0. The Hall–Kier alpha value is -1.55. The Bertz CT molecular complexity index is 366. The Morgan fingerprint density at radius 3 is 2.39 bits per heavy atom. The molecule has 100 valence electrons. The molecule has 0 amide bonds. The molecule has 4 nitrogen and oxygen atoms in total. The number of nitrogens with one attached hydrogen (secondary N) is 1. The van der Waals surface area contributed by atoms with E-state index in [2.05, 4.69) is 48.4 Å². The molecule has 0 saturated carbocycles. The third-order valence-electron chi connectivity index (χ3n) is 2.94. The van der Waals surface area contributed by atoms with Crippen molar-refractivity contribution < 1.29 is 0 Å². The van der Waals surface area contributed by atoms with Crippen LogP contribution in [0.4, 0.5) is 0 Å². The van der Waals surface area contributed by atoms with E-state index in [1.54, 1.807) is 0 Å². The lowest BCUT2D eigenvalue weighted by Gasteiger charge is -2.12. The van der Waals surface area contributed by atoms with E-state index in [4.69, 9.17) is 11.5 Å². The minimum absolute atomic E-state index is 0.164. The molecule has 1 rings (SSSR count). The fraction of sp³-hybridized carbons (Fsp3) is 0.500. The molecule has 0 bridgehead atoms. The van der Waals surface area contributed by atoms with Gasteiger partial charge in [0.25, 0.3) is 0 Å². The van der Waals surface area contributed by atoms with Crippen molar-refractivity contribution in [1.82, 2.24) is 5.32 Å². The molecule has 0 aliphatic carbocycles. The van der Waals surface area contributed by atoms with E-state index < -0.39 is 0 Å². The summed E-state index contributed by atoms with van der Waals surface area (Å²) in [6.07, 6.45) is 2.02. The summed E-state index contributed by atoms with van der Waals surface area (Å²) in [5, 5.41) is 3.46. The van der Waals surface area contributed by atoms with Crippen LogP contribution < -0.4 is 16.8 Å². The number of hydrogen-bond donors (Lipinski definition) is 3. The molecular formula is C14H24N4. The van der Waals surface area contributed by atoms with Crippen molar-refractivity contribution in [2.24, 2.45) is 16.5 Å². The molecule has 1 unspecified atom stereocenters. The highest BCUT2D eigenvalue weighted by molar-refractivity contribution is 5.75. The Morgan fingerprint density at radius 1 is 1.22 bits per heavy atom. The van der Waals surface area contributed by atoms with Crippen molar-refractivity contribution in [3.05, 3.63) is 35.4 Å². The monoisotopic (exact) mass is 248 g/mol. The number of benzene rings is 1. The van der Waals surface area contributed by atoms with Gasteiger partial charge in [-0.15, -0.1) is 0 Å². The summed E-state index contributed by atoms with van der Waals surface area (Å²) in [4.78, 5) is 3.97. The first-order valence-corrected chi connectivity index (χ1v) is 6.48. The van der Waals surface area contributed by atoms with Gasteiger partial charge in [-0.25, -0.2) is 0 Å². The van der Waals surface area contributed by atoms with E-state index >= 15 is 0 Å². The molecule has 0 radical (unpaired) electrons. The third kappa shape index (κ3) is 5.68. The highest BCUT2D eigenvalue weighted by atomic mass is 15.0. The Balaban J connectivity index is 2.28. The zero-order valence-electron chi connectivity index (χ0n) is 11.3. The summed E-state index contributed by atoms with van der Waals surface area (Å²) in [6, 6.07) is 9.12. The molecule has 1 atom stereocenters. The van der Waals surface area contributed by atoms with Gasteiger partial charge in [-0.2, -0.15) is 0 Å². The molecule has 0 saturated heterocycles. The van der Waals surface area contributed by atoms with Gasteiger partial charge in [-0.05, 0) is 30.9 Å². The fourth-order valence-corrected chi connectivity index (χ4v) is 1.67. The van der Waals surface area contributed by atoms with Crippen LogP contribution in [-0.2, 0) is 13.0 Å². The van der Waals surface area contributed by atoms with Crippen molar-refractivity contribution in [3.63, 3.8) is 0 Å². The first-order valence-electron chi connectivity index (χ1n) is 6.48. The van der Waals surface area contributed by atoms with Crippen molar-refractivity contribution in [3.8, 4) is 0 Å². The molecule has 0 aliphatic rings. The molecule has 0 fully saturated rings. The maximum absolute atomic E-state index is 5.28. The first-order chi connectivity index (χ1) is 8.61. The highest BCUT2D eigenvalue weighted by Gasteiger charge is 2.01. The number of guanidine groups is 1. The van der Waals surface area contributed by atoms with Gasteiger partial charge in [0.05, 0.1) is 0 Å². The smallest absolute Gasteiger partial charge is 0.185 e. The van der Waals surface area contributed by atoms with Gasteiger partial charge in [0.15, 0.2) is 5.96 Å². The van der Waals surface area contributed by atoms with E-state index in [0.717, 1.165) is 19.4 Å². The molecule has 1 aromatic rings. The van der Waals surface area contributed by atoms with Crippen LogP contribution in [0.1, 0.15) is 31.4 Å². The Labute approximate surface area is 109 Å². The SMILES string of the molecule is CCc1ccc(CNC(C)CCN=C(N)N)cc1. The van der Waals surface area contributed by atoms with Crippen LogP contribution in [0, 0.1) is 0 Å². The lowest BCUT2D eigenvalue weighted by atomic mass is 10.1. The topological polar surface area (TPSA) is 76.4 Å². The first kappa shape index (κ1) is 14.5. The second kappa shape index (κ2) is 7.71. The van der Waals surface area contributed by atoms with Crippen molar-refractivity contribution in [1.29, 1.82) is 0 Å². The largest absolute Gasteiger partial charge is 0.370 e. The predicted octanol–water partition coefficient (Wildman–Crippen LogP) is 1.39. The Kier molecular flexibility index (Phi) is 6.22. The average Bonchev–Trinajstić information content (AvgIpc) is 2.36. The van der Waals surface area contributed by atoms with Gasteiger partial charge in [0.2, 0.25) is 0 Å². The summed E-state index contributed by atoms with van der Waals surface area (Å²) >= 11 is 0. The molecule has 1 aromatic carbocycles. The lowest BCUT2D eigenvalue weighted by Crippen LogP contribution is -2.27. The van der Waals surface area contributed by atoms with E-state index in [0.29, 0.717) is 12.6 Å². The minimum atomic E-state index is 0.164. The molecule has 4 heteroatoms. The molecule has 0 aliphatic heterocycles. The van der Waals surface area contributed by atoms with Gasteiger partial charge in [-0.3, -0.25) is 4.99 Å². The van der Waals surface area contributed by atoms with Crippen LogP contribution in [0.2, 0.25) is 0 Å². The van der Waals surface area contributed by atoms with Crippen molar-refractivity contribution in [2.45, 2.75) is 39.3 Å². The van der Waals surface area contributed by atoms with E-state index in [1.165, 1.54) is 11.1 Å². The molecule has 0 spiro atoms. The molecule has 0 aromatic heterocycles. The quantitative estimate of drug-likeness (QED) is 0.504.